The molecule has 21 heavy (non-hydrogen) atoms. The highest BCUT2D eigenvalue weighted by Gasteiger charge is 2.20. The van der Waals surface area contributed by atoms with Gasteiger partial charge in [-0.15, -0.1) is 0 Å². The molecule has 1 atom stereocenters. The summed E-state index contributed by atoms with van der Waals surface area (Å²) in [6.07, 6.45) is 3.32. The first-order chi connectivity index (χ1) is 10.2. The predicted octanol–water partition coefficient (Wildman–Crippen LogP) is 5.79. The topological polar surface area (TPSA) is 12.4 Å². The van der Waals surface area contributed by atoms with E-state index in [1.165, 1.54) is 34.4 Å². The molecule has 1 nitrogen and oxygen atoms in total. The Morgan fingerprint density at radius 1 is 1.10 bits per heavy atom. The summed E-state index contributed by atoms with van der Waals surface area (Å²) in [5, 5.41) is 0. The van der Waals surface area contributed by atoms with E-state index < -0.39 is 0 Å². The third-order valence-electron chi connectivity index (χ3n) is 4.48. The lowest BCUT2D eigenvalue weighted by molar-refractivity contribution is 0.586. The van der Waals surface area contributed by atoms with Gasteiger partial charge in [0.15, 0.2) is 0 Å². The van der Waals surface area contributed by atoms with E-state index in [4.69, 9.17) is 4.99 Å². The Labute approximate surface area is 127 Å². The summed E-state index contributed by atoms with van der Waals surface area (Å²) < 4.78 is 0. The largest absolute Gasteiger partial charge is 0.258 e. The molecule has 0 saturated heterocycles. The van der Waals surface area contributed by atoms with E-state index in [9.17, 15) is 0 Å². The fraction of sp³-hybridized carbons (Fsp3) is 0.350. The molecule has 0 bridgehead atoms. The summed E-state index contributed by atoms with van der Waals surface area (Å²) in [4.78, 5) is 4.92. The lowest BCUT2D eigenvalue weighted by Crippen LogP contribution is -2.00. The summed E-state index contributed by atoms with van der Waals surface area (Å²) in [6.45, 7) is 6.70. The van der Waals surface area contributed by atoms with Crippen LogP contribution in [-0.4, -0.2) is 5.71 Å². The zero-order valence-electron chi connectivity index (χ0n) is 13.2. The van der Waals surface area contributed by atoms with Crippen LogP contribution in [0, 0.1) is 5.92 Å². The first-order valence-electron chi connectivity index (χ1n) is 7.93. The number of benzene rings is 2. The molecule has 1 heteroatoms. The highest BCUT2D eigenvalue weighted by molar-refractivity contribution is 5.88. The van der Waals surface area contributed by atoms with E-state index in [2.05, 4.69) is 63.2 Å². The summed E-state index contributed by atoms with van der Waals surface area (Å²) >= 11 is 0. The fourth-order valence-corrected chi connectivity index (χ4v) is 3.15. The molecule has 108 valence electrons. The first kappa shape index (κ1) is 14.1. The van der Waals surface area contributed by atoms with Gasteiger partial charge in [0.05, 0.1) is 5.69 Å². The smallest absolute Gasteiger partial charge is 0.0670 e. The zero-order chi connectivity index (χ0) is 14.8. The van der Waals surface area contributed by atoms with E-state index in [-0.39, 0.29) is 0 Å². The van der Waals surface area contributed by atoms with Gasteiger partial charge in [-0.1, -0.05) is 56.7 Å². The summed E-state index contributed by atoms with van der Waals surface area (Å²) in [6, 6.07) is 15.2. The van der Waals surface area contributed by atoms with Crippen molar-refractivity contribution in [3.05, 3.63) is 53.6 Å². The Balaban J connectivity index is 1.95. The van der Waals surface area contributed by atoms with Crippen LogP contribution in [0.3, 0.4) is 0 Å². The van der Waals surface area contributed by atoms with Crippen molar-refractivity contribution in [1.82, 2.24) is 0 Å². The van der Waals surface area contributed by atoms with E-state index in [1.807, 2.05) is 0 Å². The van der Waals surface area contributed by atoms with E-state index >= 15 is 0 Å². The third-order valence-corrected chi connectivity index (χ3v) is 4.48. The molecule has 0 radical (unpaired) electrons. The Morgan fingerprint density at radius 2 is 1.86 bits per heavy atom. The predicted molar refractivity (Wildman–Crippen MR) is 91.5 cm³/mol. The van der Waals surface area contributed by atoms with Crippen molar-refractivity contribution in [3.8, 4) is 11.1 Å². The van der Waals surface area contributed by atoms with Gasteiger partial charge in [-0.25, -0.2) is 0 Å². The monoisotopic (exact) mass is 277 g/mol. The highest BCUT2D eigenvalue weighted by Crippen LogP contribution is 2.41. The van der Waals surface area contributed by atoms with Crippen LogP contribution >= 0.6 is 0 Å². The van der Waals surface area contributed by atoms with Crippen LogP contribution in [0.2, 0.25) is 0 Å². The van der Waals surface area contributed by atoms with Crippen molar-refractivity contribution in [2.75, 3.05) is 0 Å². The van der Waals surface area contributed by atoms with Crippen molar-refractivity contribution < 1.29 is 0 Å². The number of hydrogen-bond acceptors (Lipinski definition) is 1. The second kappa shape index (κ2) is 5.85. The van der Waals surface area contributed by atoms with Gasteiger partial charge in [0.25, 0.3) is 0 Å². The minimum Gasteiger partial charge on any atom is -0.258 e. The average Bonchev–Trinajstić information content (AvgIpc) is 2.87. The summed E-state index contributed by atoms with van der Waals surface area (Å²) in [5.41, 5.74) is 7.96. The lowest BCUT2D eigenvalue weighted by atomic mass is 10.0. The quantitative estimate of drug-likeness (QED) is 0.535. The van der Waals surface area contributed by atoms with Gasteiger partial charge in [0.1, 0.15) is 0 Å². The van der Waals surface area contributed by atoms with Crippen LogP contribution in [0.5, 0.6) is 0 Å². The molecule has 0 aliphatic heterocycles. The van der Waals surface area contributed by atoms with Crippen LogP contribution in [0.15, 0.2) is 47.5 Å². The maximum Gasteiger partial charge on any atom is 0.0670 e. The van der Waals surface area contributed by atoms with E-state index in [0.717, 1.165) is 18.5 Å². The maximum atomic E-state index is 4.92. The zero-order valence-corrected chi connectivity index (χ0v) is 13.2. The molecular weight excluding hydrogens is 254 g/mol. The molecule has 1 unspecified atom stereocenters. The fourth-order valence-electron chi connectivity index (χ4n) is 3.15. The molecule has 0 spiro atoms. The van der Waals surface area contributed by atoms with Crippen LogP contribution < -0.4 is 0 Å². The van der Waals surface area contributed by atoms with Crippen LogP contribution in [0.4, 0.5) is 5.69 Å². The van der Waals surface area contributed by atoms with Gasteiger partial charge < -0.3 is 0 Å². The second-order valence-electron chi connectivity index (χ2n) is 6.20. The standard InChI is InChI=1S/C20H23N/c1-4-14(2)12-15(3)21-20-11-7-10-18-17-9-6-5-8-16(17)13-19(18)20/h5-11,14H,4,12-13H2,1-3H3. The Kier molecular flexibility index (Phi) is 3.92. The van der Waals surface area contributed by atoms with Gasteiger partial charge in [-0.2, -0.15) is 0 Å². The van der Waals surface area contributed by atoms with Crippen molar-refractivity contribution in [2.24, 2.45) is 10.9 Å². The Morgan fingerprint density at radius 3 is 2.67 bits per heavy atom. The normalized spacial score (nSPS) is 14.7. The second-order valence-corrected chi connectivity index (χ2v) is 6.20. The number of nitrogens with zero attached hydrogens (tertiary/aromatic N) is 1. The maximum absolute atomic E-state index is 4.92. The molecule has 0 saturated carbocycles. The van der Waals surface area contributed by atoms with Gasteiger partial charge >= 0.3 is 0 Å². The van der Waals surface area contributed by atoms with Crippen molar-refractivity contribution in [1.29, 1.82) is 0 Å². The summed E-state index contributed by atoms with van der Waals surface area (Å²) in [7, 11) is 0. The molecule has 0 heterocycles. The molecule has 0 fully saturated rings. The Hall–Kier alpha value is -1.89. The summed E-state index contributed by atoms with van der Waals surface area (Å²) in [5.74, 6) is 0.711. The van der Waals surface area contributed by atoms with Crippen molar-refractivity contribution in [3.63, 3.8) is 0 Å². The van der Waals surface area contributed by atoms with Crippen molar-refractivity contribution in [2.45, 2.75) is 40.0 Å². The van der Waals surface area contributed by atoms with E-state index in [0.29, 0.717) is 5.92 Å². The van der Waals surface area contributed by atoms with E-state index in [1.54, 1.807) is 0 Å². The minimum absolute atomic E-state index is 0.711. The van der Waals surface area contributed by atoms with Gasteiger partial charge in [-0.3, -0.25) is 4.99 Å². The Bertz CT molecular complexity index is 682. The SMILES string of the molecule is CCC(C)CC(C)=Nc1cccc2c1Cc1ccccc1-2. The average molecular weight is 277 g/mol. The van der Waals surface area contributed by atoms with Crippen molar-refractivity contribution >= 4 is 11.4 Å². The number of aliphatic imine (C=N–C) groups is 1. The third kappa shape index (κ3) is 2.78. The lowest BCUT2D eigenvalue weighted by Gasteiger charge is -2.09. The van der Waals surface area contributed by atoms with Gasteiger partial charge in [0.2, 0.25) is 0 Å². The molecule has 0 N–H and O–H groups in total. The number of hydrogen-bond donors (Lipinski definition) is 0. The number of fused-ring (bicyclic) bond motifs is 3. The first-order valence-corrected chi connectivity index (χ1v) is 7.93. The molecular formula is C20H23N. The molecule has 2 aromatic carbocycles. The molecule has 1 aliphatic rings. The van der Waals surface area contributed by atoms with Crippen LogP contribution in [-0.2, 0) is 6.42 Å². The molecule has 0 aromatic heterocycles. The highest BCUT2D eigenvalue weighted by atomic mass is 14.7. The van der Waals surface area contributed by atoms with Crippen LogP contribution in [0.1, 0.15) is 44.7 Å². The minimum atomic E-state index is 0.711. The molecule has 3 rings (SSSR count). The number of rotatable bonds is 4. The molecule has 2 aromatic rings. The molecule has 1 aliphatic carbocycles. The van der Waals surface area contributed by atoms with Crippen LogP contribution in [0.25, 0.3) is 11.1 Å². The van der Waals surface area contributed by atoms with Gasteiger partial charge in [0, 0.05) is 12.1 Å². The molecule has 0 amide bonds. The van der Waals surface area contributed by atoms with Gasteiger partial charge in [-0.05, 0) is 47.6 Å².